The first kappa shape index (κ1) is 36.5. The summed E-state index contributed by atoms with van der Waals surface area (Å²) in [5.41, 5.74) is 0.0401. The third kappa shape index (κ3) is 13.2. The van der Waals surface area contributed by atoms with Crippen molar-refractivity contribution in [1.29, 1.82) is 0 Å². The largest absolute Gasteiger partial charge is 0.573 e. The van der Waals surface area contributed by atoms with Crippen LogP contribution in [0.3, 0.4) is 0 Å². The summed E-state index contributed by atoms with van der Waals surface area (Å²) in [5.74, 6) is -1.97. The lowest BCUT2D eigenvalue weighted by atomic mass is 9.82. The maximum atomic E-state index is 13.4. The van der Waals surface area contributed by atoms with Gasteiger partial charge in [0.05, 0.1) is 5.92 Å². The Morgan fingerprint density at radius 3 is 2.22 bits per heavy atom. The summed E-state index contributed by atoms with van der Waals surface area (Å²) >= 11 is 0. The van der Waals surface area contributed by atoms with E-state index in [2.05, 4.69) is 30.4 Å². The van der Waals surface area contributed by atoms with Gasteiger partial charge in [0.15, 0.2) is 0 Å². The zero-order valence-electron chi connectivity index (χ0n) is 24.8. The molecule has 3 amide bonds. The molecule has 1 aliphatic carbocycles. The van der Waals surface area contributed by atoms with Crippen LogP contribution in [0.25, 0.3) is 0 Å². The Balaban J connectivity index is 1.66. The number of halogens is 7. The molecule has 0 aliphatic heterocycles. The topological polar surface area (TPSA) is 110 Å². The SMILES string of the molecule is CCCN(CCNC(=O)C1CC(NC(=O)Nc2cccc(OC(F)(F)F)c2)CCC1Oc1ccc(OC(F)(F)F)cc1)CCOF. The van der Waals surface area contributed by atoms with E-state index in [4.69, 9.17) is 4.74 Å². The number of hydrogen-bond donors (Lipinski definition) is 3. The molecule has 0 saturated heterocycles. The Labute approximate surface area is 260 Å². The zero-order chi connectivity index (χ0) is 33.7. The standard InChI is InChI=1S/C29H35F7N4O6/c1-2-13-40(15-16-43-36)14-12-37-26(41)24-18-20(39-27(42)38-19-4-3-5-23(17-19)46-29(33,34)35)6-11-25(24)44-21-7-9-22(10-8-21)45-28(30,31)32/h3-5,7-10,17,20,24-25H,2,6,11-16,18H2,1H3,(H,37,41)(H2,38,39,42). The summed E-state index contributed by atoms with van der Waals surface area (Å²) in [5, 5.41) is 7.99. The Kier molecular flexibility index (Phi) is 13.5. The van der Waals surface area contributed by atoms with Crippen LogP contribution in [0, 0.1) is 5.92 Å². The average Bonchev–Trinajstić information content (AvgIpc) is 2.96. The van der Waals surface area contributed by atoms with Gasteiger partial charge < -0.3 is 30.2 Å². The fourth-order valence-electron chi connectivity index (χ4n) is 4.99. The molecule has 3 rings (SSSR count). The summed E-state index contributed by atoms with van der Waals surface area (Å²) in [6.45, 7) is 3.40. The van der Waals surface area contributed by atoms with Crippen LogP contribution in [0.4, 0.5) is 41.4 Å². The second-order valence-electron chi connectivity index (χ2n) is 10.4. The maximum absolute atomic E-state index is 13.4. The molecule has 2 aromatic carbocycles. The fourth-order valence-corrected chi connectivity index (χ4v) is 4.99. The fraction of sp³-hybridized carbons (Fsp3) is 0.517. The van der Waals surface area contributed by atoms with Crippen molar-refractivity contribution in [1.82, 2.24) is 15.5 Å². The normalized spacial score (nSPS) is 18.5. The van der Waals surface area contributed by atoms with E-state index < -0.39 is 54.2 Å². The van der Waals surface area contributed by atoms with Gasteiger partial charge in [-0.3, -0.25) is 9.69 Å². The molecule has 1 aliphatic rings. The molecular weight excluding hydrogens is 633 g/mol. The molecule has 1 saturated carbocycles. The molecule has 0 spiro atoms. The molecule has 3 unspecified atom stereocenters. The van der Waals surface area contributed by atoms with Crippen molar-refractivity contribution in [2.24, 2.45) is 5.92 Å². The Hall–Kier alpha value is -3.99. The number of urea groups is 1. The number of carbonyl (C=O) groups is 2. The maximum Gasteiger partial charge on any atom is 0.573 e. The highest BCUT2D eigenvalue weighted by Crippen LogP contribution is 2.31. The number of ether oxygens (including phenoxy) is 3. The van der Waals surface area contributed by atoms with E-state index in [-0.39, 0.29) is 37.4 Å². The van der Waals surface area contributed by atoms with Crippen LogP contribution in [0.1, 0.15) is 32.6 Å². The molecule has 3 atom stereocenters. The van der Waals surface area contributed by atoms with Crippen molar-refractivity contribution < 1.29 is 59.6 Å². The summed E-state index contributed by atoms with van der Waals surface area (Å²) < 4.78 is 101. The molecule has 1 fully saturated rings. The van der Waals surface area contributed by atoms with Gasteiger partial charge in [0.1, 0.15) is 30.0 Å². The van der Waals surface area contributed by atoms with Crippen molar-refractivity contribution in [2.45, 2.75) is 57.5 Å². The quantitative estimate of drug-likeness (QED) is 0.201. The second-order valence-corrected chi connectivity index (χ2v) is 10.4. The van der Waals surface area contributed by atoms with Crippen molar-refractivity contribution in [3.05, 3.63) is 48.5 Å². The molecule has 46 heavy (non-hydrogen) atoms. The lowest BCUT2D eigenvalue weighted by Crippen LogP contribution is -2.50. The van der Waals surface area contributed by atoms with Gasteiger partial charge in [0.25, 0.3) is 0 Å². The van der Waals surface area contributed by atoms with E-state index >= 15 is 0 Å². The van der Waals surface area contributed by atoms with Gasteiger partial charge in [-0.25, -0.2) is 4.79 Å². The summed E-state index contributed by atoms with van der Waals surface area (Å²) in [6, 6.07) is 8.17. The van der Waals surface area contributed by atoms with E-state index in [1.165, 1.54) is 24.3 Å². The number of benzene rings is 2. The minimum absolute atomic E-state index is 0.0401. The minimum Gasteiger partial charge on any atom is -0.490 e. The van der Waals surface area contributed by atoms with Crippen LogP contribution in [0.2, 0.25) is 0 Å². The molecular formula is C29H35F7N4O6. The number of rotatable bonds is 15. The lowest BCUT2D eigenvalue weighted by Gasteiger charge is -2.36. The molecule has 0 heterocycles. The average molecular weight is 669 g/mol. The number of alkyl halides is 6. The molecule has 10 nitrogen and oxygen atoms in total. The highest BCUT2D eigenvalue weighted by Gasteiger charge is 2.38. The smallest absolute Gasteiger partial charge is 0.490 e. The van der Waals surface area contributed by atoms with Crippen LogP contribution in [-0.2, 0) is 9.74 Å². The number of carbonyl (C=O) groups excluding carboxylic acids is 2. The van der Waals surface area contributed by atoms with E-state index in [0.29, 0.717) is 26.1 Å². The van der Waals surface area contributed by atoms with Gasteiger partial charge in [0, 0.05) is 37.4 Å². The van der Waals surface area contributed by atoms with Gasteiger partial charge in [-0.2, -0.15) is 4.94 Å². The van der Waals surface area contributed by atoms with Gasteiger partial charge in [-0.15, -0.1) is 26.3 Å². The number of hydrogen-bond acceptors (Lipinski definition) is 7. The molecule has 17 heteroatoms. The summed E-state index contributed by atoms with van der Waals surface area (Å²) in [7, 11) is 0. The molecule has 3 N–H and O–H groups in total. The predicted octanol–water partition coefficient (Wildman–Crippen LogP) is 5.95. The van der Waals surface area contributed by atoms with Crippen LogP contribution in [0.5, 0.6) is 17.2 Å². The van der Waals surface area contributed by atoms with Crippen molar-refractivity contribution in [2.75, 3.05) is 38.1 Å². The van der Waals surface area contributed by atoms with Crippen LogP contribution in [-0.4, -0.2) is 74.5 Å². The number of amides is 3. The molecule has 2 aromatic rings. The first-order valence-corrected chi connectivity index (χ1v) is 14.4. The summed E-state index contributed by atoms with van der Waals surface area (Å²) in [6.07, 6.45) is -8.96. The zero-order valence-corrected chi connectivity index (χ0v) is 24.8. The number of nitrogens with one attached hydrogen (secondary N) is 3. The first-order valence-electron chi connectivity index (χ1n) is 14.4. The van der Waals surface area contributed by atoms with Crippen molar-refractivity contribution in [3.8, 4) is 17.2 Å². The van der Waals surface area contributed by atoms with Crippen LogP contribution in [0.15, 0.2) is 48.5 Å². The highest BCUT2D eigenvalue weighted by molar-refractivity contribution is 5.89. The van der Waals surface area contributed by atoms with Gasteiger partial charge in [0.2, 0.25) is 5.91 Å². The Morgan fingerprint density at radius 2 is 1.57 bits per heavy atom. The monoisotopic (exact) mass is 668 g/mol. The number of nitrogens with zero attached hydrogens (tertiary/aromatic N) is 1. The lowest BCUT2D eigenvalue weighted by molar-refractivity contribution is -0.275. The van der Waals surface area contributed by atoms with Gasteiger partial charge in [-0.1, -0.05) is 13.0 Å². The van der Waals surface area contributed by atoms with Gasteiger partial charge in [-0.05, 0) is 73.2 Å². The van der Waals surface area contributed by atoms with E-state index in [1.54, 1.807) is 0 Å². The number of anilines is 1. The highest BCUT2D eigenvalue weighted by atomic mass is 19.4. The van der Waals surface area contributed by atoms with E-state index in [9.17, 15) is 40.5 Å². The van der Waals surface area contributed by atoms with Crippen LogP contribution >= 0.6 is 0 Å². The summed E-state index contributed by atoms with van der Waals surface area (Å²) in [4.78, 5) is 31.6. The predicted molar refractivity (Wildman–Crippen MR) is 151 cm³/mol. The molecule has 0 aromatic heterocycles. The molecule has 0 radical (unpaired) electrons. The van der Waals surface area contributed by atoms with E-state index in [1.807, 2.05) is 11.8 Å². The third-order valence-corrected chi connectivity index (χ3v) is 6.88. The molecule has 0 bridgehead atoms. The van der Waals surface area contributed by atoms with Crippen LogP contribution < -0.4 is 30.2 Å². The Morgan fingerprint density at radius 1 is 0.891 bits per heavy atom. The molecule has 256 valence electrons. The van der Waals surface area contributed by atoms with E-state index in [0.717, 1.165) is 30.7 Å². The minimum atomic E-state index is -4.91. The van der Waals surface area contributed by atoms with Crippen molar-refractivity contribution in [3.63, 3.8) is 0 Å². The van der Waals surface area contributed by atoms with Crippen molar-refractivity contribution >= 4 is 17.6 Å². The third-order valence-electron chi connectivity index (χ3n) is 6.88. The Bertz CT molecular complexity index is 1250. The second kappa shape index (κ2) is 17.1. The van der Waals surface area contributed by atoms with Gasteiger partial charge >= 0.3 is 18.8 Å². The first-order chi connectivity index (χ1) is 21.7.